The largest absolute Gasteiger partial charge is 0.283 e. The van der Waals surface area contributed by atoms with E-state index in [0.29, 0.717) is 22.0 Å². The highest BCUT2D eigenvalue weighted by Crippen LogP contribution is 2.32. The molecule has 4 aromatic rings. The monoisotopic (exact) mass is 430 g/mol. The van der Waals surface area contributed by atoms with Gasteiger partial charge in [0.15, 0.2) is 0 Å². The van der Waals surface area contributed by atoms with E-state index >= 15 is 0 Å². The van der Waals surface area contributed by atoms with Crippen LogP contribution in [0.4, 0.5) is 0 Å². The second kappa shape index (κ2) is 6.85. The summed E-state index contributed by atoms with van der Waals surface area (Å²) in [6.07, 6.45) is 3.32. The fourth-order valence-corrected chi connectivity index (χ4v) is 4.48. The van der Waals surface area contributed by atoms with Gasteiger partial charge in [-0.1, -0.05) is 11.6 Å². The van der Waals surface area contributed by atoms with Crippen molar-refractivity contribution in [2.75, 3.05) is 0 Å². The molecular weight excluding hydrogens is 412 g/mol. The van der Waals surface area contributed by atoms with E-state index in [4.69, 9.17) is 11.6 Å². The molecule has 0 unspecified atom stereocenters. The van der Waals surface area contributed by atoms with Crippen LogP contribution in [0, 0.1) is 13.8 Å². The van der Waals surface area contributed by atoms with Crippen molar-refractivity contribution >= 4 is 21.6 Å². The van der Waals surface area contributed by atoms with E-state index in [9.17, 15) is 8.42 Å². The lowest BCUT2D eigenvalue weighted by molar-refractivity contribution is 0.581. The van der Waals surface area contributed by atoms with Crippen LogP contribution in [0.3, 0.4) is 0 Å². The van der Waals surface area contributed by atoms with E-state index in [1.54, 1.807) is 47.0 Å². The first-order valence-electron chi connectivity index (χ1n) is 8.79. The van der Waals surface area contributed by atoms with Crippen molar-refractivity contribution in [1.29, 1.82) is 0 Å². The molecule has 1 aromatic carbocycles. The molecule has 0 radical (unpaired) electrons. The standard InChI is InChI=1S/C19H19ClN6O2S/c1-12-16(10-21-24(12)3)18-9-19(17-11-22-25(4)13(17)2)26(23-18)29(27,28)15-7-5-14(20)6-8-15/h5-11H,1-4H3. The Morgan fingerprint density at radius 2 is 1.45 bits per heavy atom. The van der Waals surface area contributed by atoms with E-state index in [0.717, 1.165) is 21.0 Å². The van der Waals surface area contributed by atoms with Crippen molar-refractivity contribution in [3.8, 4) is 22.5 Å². The zero-order valence-corrected chi connectivity index (χ0v) is 17.9. The van der Waals surface area contributed by atoms with Crippen molar-refractivity contribution in [2.24, 2.45) is 14.1 Å². The SMILES string of the molecule is Cc1c(-c2cc(-c3cnn(C)c3C)n(S(=O)(=O)c3ccc(Cl)cc3)n2)cnn1C. The first-order chi connectivity index (χ1) is 13.7. The maximum absolute atomic E-state index is 13.4. The molecule has 0 saturated carbocycles. The average molecular weight is 431 g/mol. The second-order valence-electron chi connectivity index (χ2n) is 6.75. The van der Waals surface area contributed by atoms with Gasteiger partial charge >= 0.3 is 0 Å². The van der Waals surface area contributed by atoms with E-state index in [1.165, 1.54) is 12.1 Å². The van der Waals surface area contributed by atoms with E-state index < -0.39 is 10.0 Å². The van der Waals surface area contributed by atoms with Crippen LogP contribution < -0.4 is 0 Å². The number of nitrogens with zero attached hydrogens (tertiary/aromatic N) is 6. The molecule has 0 fully saturated rings. The van der Waals surface area contributed by atoms with Crippen LogP contribution in [0.2, 0.25) is 5.02 Å². The minimum absolute atomic E-state index is 0.0993. The van der Waals surface area contributed by atoms with Crippen LogP contribution in [-0.4, -0.2) is 37.2 Å². The van der Waals surface area contributed by atoms with Crippen molar-refractivity contribution in [1.82, 2.24) is 28.7 Å². The number of hydrogen-bond donors (Lipinski definition) is 0. The van der Waals surface area contributed by atoms with Crippen molar-refractivity contribution < 1.29 is 8.42 Å². The maximum Gasteiger partial charge on any atom is 0.283 e. The summed E-state index contributed by atoms with van der Waals surface area (Å²) in [6, 6.07) is 7.77. The summed E-state index contributed by atoms with van der Waals surface area (Å²) in [5.74, 6) is 0. The Balaban J connectivity index is 1.98. The molecule has 150 valence electrons. The third-order valence-electron chi connectivity index (χ3n) is 5.04. The fourth-order valence-electron chi connectivity index (χ4n) is 3.07. The Morgan fingerprint density at radius 1 is 0.897 bits per heavy atom. The summed E-state index contributed by atoms with van der Waals surface area (Å²) in [4.78, 5) is 0.0993. The van der Waals surface area contributed by atoms with Crippen LogP contribution in [0.25, 0.3) is 22.5 Å². The van der Waals surface area contributed by atoms with Gasteiger partial charge in [0.1, 0.15) is 0 Å². The molecule has 29 heavy (non-hydrogen) atoms. The Labute approximate surface area is 173 Å². The minimum atomic E-state index is -3.95. The summed E-state index contributed by atoms with van der Waals surface area (Å²) in [5.41, 5.74) is 4.11. The van der Waals surface area contributed by atoms with Gasteiger partial charge in [-0.05, 0) is 44.2 Å². The zero-order chi connectivity index (χ0) is 20.9. The van der Waals surface area contributed by atoms with Gasteiger partial charge in [-0.25, -0.2) is 0 Å². The first-order valence-corrected chi connectivity index (χ1v) is 10.6. The molecule has 0 atom stereocenters. The molecule has 0 aliphatic carbocycles. The molecule has 0 spiro atoms. The molecule has 0 bridgehead atoms. The predicted octanol–water partition coefficient (Wildman–Crippen LogP) is 3.19. The van der Waals surface area contributed by atoms with Gasteiger partial charge in [0.25, 0.3) is 10.0 Å². The quantitative estimate of drug-likeness (QED) is 0.496. The second-order valence-corrected chi connectivity index (χ2v) is 8.96. The lowest BCUT2D eigenvalue weighted by Gasteiger charge is -2.09. The average Bonchev–Trinajstić information content (AvgIpc) is 3.35. The Morgan fingerprint density at radius 3 is 1.97 bits per heavy atom. The van der Waals surface area contributed by atoms with Crippen molar-refractivity contribution in [3.63, 3.8) is 0 Å². The summed E-state index contributed by atoms with van der Waals surface area (Å²) in [7, 11) is -0.322. The molecule has 3 aromatic heterocycles. The Kier molecular flexibility index (Phi) is 4.59. The van der Waals surface area contributed by atoms with Crippen LogP contribution in [0.5, 0.6) is 0 Å². The Hall–Kier alpha value is -2.91. The van der Waals surface area contributed by atoms with Gasteiger partial charge in [-0.15, -0.1) is 0 Å². The number of halogens is 1. The Bertz CT molecular complexity index is 1320. The van der Waals surface area contributed by atoms with Crippen molar-refractivity contribution in [3.05, 3.63) is 59.1 Å². The topological polar surface area (TPSA) is 87.6 Å². The molecule has 8 nitrogen and oxygen atoms in total. The lowest BCUT2D eigenvalue weighted by atomic mass is 10.1. The number of aromatic nitrogens is 6. The number of benzene rings is 1. The molecular formula is C19H19ClN6O2S. The van der Waals surface area contributed by atoms with E-state index in [-0.39, 0.29) is 4.90 Å². The van der Waals surface area contributed by atoms with Gasteiger partial charge in [0.2, 0.25) is 0 Å². The summed E-state index contributed by atoms with van der Waals surface area (Å²) in [6.45, 7) is 3.79. The molecule has 0 aliphatic rings. The highest BCUT2D eigenvalue weighted by Gasteiger charge is 2.26. The molecule has 3 heterocycles. The smallest absolute Gasteiger partial charge is 0.272 e. The summed E-state index contributed by atoms with van der Waals surface area (Å²) in [5, 5.41) is 13.4. The minimum Gasteiger partial charge on any atom is -0.272 e. The van der Waals surface area contributed by atoms with Gasteiger partial charge in [0, 0.05) is 41.6 Å². The number of rotatable bonds is 4. The van der Waals surface area contributed by atoms with Gasteiger partial charge in [-0.2, -0.15) is 27.8 Å². The van der Waals surface area contributed by atoms with Crippen LogP contribution in [0.1, 0.15) is 11.4 Å². The highest BCUT2D eigenvalue weighted by atomic mass is 35.5. The number of hydrogen-bond acceptors (Lipinski definition) is 5. The van der Waals surface area contributed by atoms with Crippen molar-refractivity contribution in [2.45, 2.75) is 18.7 Å². The summed E-state index contributed by atoms with van der Waals surface area (Å²) >= 11 is 5.92. The molecule has 0 saturated heterocycles. The third kappa shape index (κ3) is 3.16. The first kappa shape index (κ1) is 19.4. The van der Waals surface area contributed by atoms with Gasteiger partial charge in [-0.3, -0.25) is 9.36 Å². The molecule has 0 amide bonds. The van der Waals surface area contributed by atoms with Crippen LogP contribution in [0.15, 0.2) is 47.6 Å². The van der Waals surface area contributed by atoms with Crippen LogP contribution >= 0.6 is 11.6 Å². The molecule has 10 heteroatoms. The highest BCUT2D eigenvalue weighted by molar-refractivity contribution is 7.90. The zero-order valence-electron chi connectivity index (χ0n) is 16.3. The summed E-state index contributed by atoms with van der Waals surface area (Å²) < 4.78 is 31.3. The lowest BCUT2D eigenvalue weighted by Crippen LogP contribution is -2.16. The van der Waals surface area contributed by atoms with Gasteiger partial charge < -0.3 is 0 Å². The normalized spacial score (nSPS) is 11.9. The van der Waals surface area contributed by atoms with E-state index in [1.807, 2.05) is 20.9 Å². The van der Waals surface area contributed by atoms with Gasteiger partial charge in [0.05, 0.1) is 28.7 Å². The maximum atomic E-state index is 13.4. The third-order valence-corrected chi connectivity index (χ3v) is 6.89. The number of aryl methyl sites for hydroxylation is 2. The van der Waals surface area contributed by atoms with Crippen LogP contribution in [-0.2, 0) is 24.1 Å². The van der Waals surface area contributed by atoms with E-state index in [2.05, 4.69) is 15.3 Å². The molecule has 0 aliphatic heterocycles. The molecule has 4 rings (SSSR count). The predicted molar refractivity (Wildman–Crippen MR) is 110 cm³/mol. The molecule has 0 N–H and O–H groups in total. The fraction of sp³-hybridized carbons (Fsp3) is 0.211.